The molecule has 1 unspecified atom stereocenters. The fraction of sp³-hybridized carbons (Fsp3) is 0.333. The van der Waals surface area contributed by atoms with E-state index in [2.05, 4.69) is 67.8 Å². The molecule has 112 valence electrons. The van der Waals surface area contributed by atoms with E-state index in [0.29, 0.717) is 0 Å². The molecule has 0 radical (unpaired) electrons. The maximum absolute atomic E-state index is 5.73. The van der Waals surface area contributed by atoms with E-state index in [9.17, 15) is 0 Å². The van der Waals surface area contributed by atoms with Crippen LogP contribution in [0.25, 0.3) is 0 Å². The zero-order valence-corrected chi connectivity index (χ0v) is 13.6. The van der Waals surface area contributed by atoms with Crippen LogP contribution in [0.2, 0.25) is 0 Å². The minimum atomic E-state index is 0.172. The van der Waals surface area contributed by atoms with Gasteiger partial charge in [-0.2, -0.15) is 0 Å². The third kappa shape index (κ3) is 4.88. The topological polar surface area (TPSA) is 38.0 Å². The lowest BCUT2D eigenvalue weighted by Crippen LogP contribution is -2.29. The predicted octanol–water partition coefficient (Wildman–Crippen LogP) is 4.24. The molecule has 2 nitrogen and oxygen atoms in total. The van der Waals surface area contributed by atoms with Crippen LogP contribution >= 0.6 is 11.8 Å². The summed E-state index contributed by atoms with van der Waals surface area (Å²) in [6.07, 6.45) is 2.32. The second kappa shape index (κ2) is 8.23. The van der Waals surface area contributed by atoms with Crippen molar-refractivity contribution in [3.05, 3.63) is 65.2 Å². The molecule has 0 heterocycles. The van der Waals surface area contributed by atoms with Crippen molar-refractivity contribution < 1.29 is 0 Å². The highest BCUT2D eigenvalue weighted by atomic mass is 32.2. The zero-order valence-electron chi connectivity index (χ0n) is 12.8. The number of aryl methyl sites for hydroxylation is 2. The number of thioether (sulfide) groups is 1. The maximum atomic E-state index is 5.73. The smallest absolute Gasteiger partial charge is 0.0553 e. The van der Waals surface area contributed by atoms with Gasteiger partial charge in [-0.15, -0.1) is 11.8 Å². The van der Waals surface area contributed by atoms with Gasteiger partial charge in [-0.05, 0) is 36.6 Å². The monoisotopic (exact) mass is 300 g/mol. The lowest BCUT2D eigenvalue weighted by molar-refractivity contribution is 0.610. The van der Waals surface area contributed by atoms with Crippen LogP contribution in [0.1, 0.15) is 36.1 Å². The highest BCUT2D eigenvalue weighted by Crippen LogP contribution is 2.25. The molecule has 0 saturated carbocycles. The summed E-state index contributed by atoms with van der Waals surface area (Å²) in [4.78, 5) is 1.29. The van der Waals surface area contributed by atoms with Gasteiger partial charge >= 0.3 is 0 Å². The van der Waals surface area contributed by atoms with Gasteiger partial charge in [-0.3, -0.25) is 11.3 Å². The van der Waals surface area contributed by atoms with E-state index in [1.54, 1.807) is 0 Å². The fourth-order valence-corrected chi connectivity index (χ4v) is 3.42. The van der Waals surface area contributed by atoms with E-state index < -0.39 is 0 Å². The van der Waals surface area contributed by atoms with Crippen molar-refractivity contribution in [3.8, 4) is 0 Å². The van der Waals surface area contributed by atoms with Crippen LogP contribution in [-0.2, 0) is 6.42 Å². The summed E-state index contributed by atoms with van der Waals surface area (Å²) in [5, 5.41) is 0. The Hall–Kier alpha value is -1.29. The average Bonchev–Trinajstić information content (AvgIpc) is 2.50. The zero-order chi connectivity index (χ0) is 15.1. The Morgan fingerprint density at radius 1 is 1.14 bits per heavy atom. The van der Waals surface area contributed by atoms with Gasteiger partial charge in [0.25, 0.3) is 0 Å². The molecule has 0 saturated heterocycles. The van der Waals surface area contributed by atoms with Gasteiger partial charge in [0.1, 0.15) is 0 Å². The molecule has 0 aliphatic carbocycles. The van der Waals surface area contributed by atoms with E-state index in [1.165, 1.54) is 28.0 Å². The van der Waals surface area contributed by atoms with Crippen LogP contribution in [0.3, 0.4) is 0 Å². The Morgan fingerprint density at radius 2 is 1.90 bits per heavy atom. The van der Waals surface area contributed by atoms with Crippen molar-refractivity contribution >= 4 is 11.8 Å². The number of hydrazine groups is 1. The van der Waals surface area contributed by atoms with E-state index in [0.717, 1.165) is 12.2 Å². The first-order valence-electron chi connectivity index (χ1n) is 7.47. The summed E-state index contributed by atoms with van der Waals surface area (Å²) >= 11 is 1.83. The Labute approximate surface area is 132 Å². The summed E-state index contributed by atoms with van der Waals surface area (Å²) in [7, 11) is 0. The molecule has 2 aromatic carbocycles. The Balaban J connectivity index is 1.99. The lowest BCUT2D eigenvalue weighted by atomic mass is 10.0. The molecule has 0 bridgehead atoms. The molecule has 0 spiro atoms. The number of benzene rings is 2. The fourth-order valence-electron chi connectivity index (χ4n) is 2.33. The van der Waals surface area contributed by atoms with Gasteiger partial charge in [0.05, 0.1) is 6.04 Å². The number of hydrogen-bond donors (Lipinski definition) is 2. The molecule has 0 aliphatic rings. The molecular weight excluding hydrogens is 276 g/mol. The van der Waals surface area contributed by atoms with Gasteiger partial charge in [-0.1, -0.05) is 55.3 Å². The first kappa shape index (κ1) is 16.1. The molecule has 2 aromatic rings. The van der Waals surface area contributed by atoms with Gasteiger partial charge in [0, 0.05) is 10.6 Å². The molecule has 0 aromatic heterocycles. The minimum Gasteiger partial charge on any atom is -0.271 e. The molecule has 3 N–H and O–H groups in total. The van der Waals surface area contributed by atoms with Crippen LogP contribution in [0, 0.1) is 6.92 Å². The van der Waals surface area contributed by atoms with E-state index in [-0.39, 0.29) is 6.04 Å². The van der Waals surface area contributed by atoms with E-state index in [1.807, 2.05) is 11.8 Å². The van der Waals surface area contributed by atoms with Crippen molar-refractivity contribution in [2.45, 2.75) is 37.6 Å². The second-order valence-corrected chi connectivity index (χ2v) is 6.43. The summed E-state index contributed by atoms with van der Waals surface area (Å²) in [5.41, 5.74) is 6.87. The molecule has 21 heavy (non-hydrogen) atoms. The van der Waals surface area contributed by atoms with Crippen LogP contribution in [0.5, 0.6) is 0 Å². The normalized spacial score (nSPS) is 12.3. The van der Waals surface area contributed by atoms with Crippen LogP contribution in [0.4, 0.5) is 0 Å². The molecule has 3 heteroatoms. The summed E-state index contributed by atoms with van der Waals surface area (Å²) in [6.45, 7) is 4.33. The van der Waals surface area contributed by atoms with Crippen LogP contribution in [-0.4, -0.2) is 5.75 Å². The predicted molar refractivity (Wildman–Crippen MR) is 92.4 cm³/mol. The first-order valence-corrected chi connectivity index (χ1v) is 8.46. The maximum Gasteiger partial charge on any atom is 0.0553 e. The van der Waals surface area contributed by atoms with Crippen molar-refractivity contribution in [2.75, 3.05) is 5.75 Å². The largest absolute Gasteiger partial charge is 0.271 e. The summed E-state index contributed by atoms with van der Waals surface area (Å²) < 4.78 is 0. The first-order chi connectivity index (χ1) is 10.2. The average molecular weight is 300 g/mol. The Bertz CT molecular complexity index is 551. The standard InChI is InChI=1S/C18H24N2S/c1-3-5-15-8-10-16(11-9-15)18(20-19)13-21-17-7-4-6-14(2)12-17/h4,6-12,18,20H,3,5,13,19H2,1-2H3. The van der Waals surface area contributed by atoms with Crippen molar-refractivity contribution in [1.82, 2.24) is 5.43 Å². The van der Waals surface area contributed by atoms with Gasteiger partial charge in [-0.25, -0.2) is 0 Å². The van der Waals surface area contributed by atoms with Gasteiger partial charge in [0.2, 0.25) is 0 Å². The quantitative estimate of drug-likeness (QED) is 0.456. The summed E-state index contributed by atoms with van der Waals surface area (Å²) in [6, 6.07) is 17.5. The number of hydrogen-bond acceptors (Lipinski definition) is 3. The molecule has 0 amide bonds. The number of nitrogens with one attached hydrogen (secondary N) is 1. The molecular formula is C18H24N2S. The highest BCUT2D eigenvalue weighted by Gasteiger charge is 2.10. The molecule has 0 aliphatic heterocycles. The van der Waals surface area contributed by atoms with E-state index >= 15 is 0 Å². The molecule has 2 rings (SSSR count). The van der Waals surface area contributed by atoms with Crippen molar-refractivity contribution in [1.29, 1.82) is 0 Å². The third-order valence-electron chi connectivity index (χ3n) is 3.53. The van der Waals surface area contributed by atoms with Gasteiger partial charge in [0.15, 0.2) is 0 Å². The number of nitrogens with two attached hydrogens (primary N) is 1. The number of rotatable bonds is 7. The van der Waals surface area contributed by atoms with Gasteiger partial charge < -0.3 is 0 Å². The summed E-state index contributed by atoms with van der Waals surface area (Å²) in [5.74, 6) is 6.66. The Kier molecular flexibility index (Phi) is 6.30. The third-order valence-corrected chi connectivity index (χ3v) is 4.62. The van der Waals surface area contributed by atoms with Crippen molar-refractivity contribution in [3.63, 3.8) is 0 Å². The SMILES string of the molecule is CCCc1ccc(C(CSc2cccc(C)c2)NN)cc1. The van der Waals surface area contributed by atoms with Crippen LogP contribution < -0.4 is 11.3 Å². The van der Waals surface area contributed by atoms with E-state index in [4.69, 9.17) is 5.84 Å². The van der Waals surface area contributed by atoms with Crippen molar-refractivity contribution in [2.24, 2.45) is 5.84 Å². The molecule has 1 atom stereocenters. The second-order valence-electron chi connectivity index (χ2n) is 5.34. The minimum absolute atomic E-state index is 0.172. The lowest BCUT2D eigenvalue weighted by Gasteiger charge is -2.16. The Morgan fingerprint density at radius 3 is 2.52 bits per heavy atom. The van der Waals surface area contributed by atoms with Crippen LogP contribution in [0.15, 0.2) is 53.4 Å². The molecule has 0 fully saturated rings. The highest BCUT2D eigenvalue weighted by molar-refractivity contribution is 7.99.